The maximum Gasteiger partial charge on any atom is 0.192 e. The van der Waals surface area contributed by atoms with E-state index in [0.29, 0.717) is 11.8 Å². The second kappa shape index (κ2) is 6.94. The molecular weight excluding hydrogens is 310 g/mol. The van der Waals surface area contributed by atoms with Crippen LogP contribution in [0.25, 0.3) is 10.7 Å². The predicted molar refractivity (Wildman–Crippen MR) is 94.2 cm³/mol. The molecule has 0 aliphatic heterocycles. The number of aromatic nitrogens is 3. The predicted octanol–water partition coefficient (Wildman–Crippen LogP) is 5.05. The molecule has 0 fully saturated rings. The molecule has 2 heterocycles. The summed E-state index contributed by atoms with van der Waals surface area (Å²) in [6.07, 6.45) is 1.89. The Balaban J connectivity index is 1.89. The number of benzene rings is 1. The van der Waals surface area contributed by atoms with Crippen molar-refractivity contribution in [1.29, 1.82) is 0 Å². The molecule has 5 heteroatoms. The van der Waals surface area contributed by atoms with Gasteiger partial charge in [0.1, 0.15) is 0 Å². The van der Waals surface area contributed by atoms with E-state index in [2.05, 4.69) is 64.0 Å². The number of allylic oxidation sites excluding steroid dienone is 1. The first-order valence-electron chi connectivity index (χ1n) is 7.09. The highest BCUT2D eigenvalue weighted by Crippen LogP contribution is 2.35. The number of hydrogen-bond acceptors (Lipinski definition) is 4. The Labute approximate surface area is 138 Å². The monoisotopic (exact) mass is 327 g/mol. The smallest absolute Gasteiger partial charge is 0.192 e. The Morgan fingerprint density at radius 1 is 1.23 bits per heavy atom. The SMILES string of the molecule is C=CCn1c(SC(C)c2ccccc2)nnc1-c1cccs1. The van der Waals surface area contributed by atoms with Crippen LogP contribution in [0.2, 0.25) is 0 Å². The van der Waals surface area contributed by atoms with Gasteiger partial charge in [0, 0.05) is 11.8 Å². The summed E-state index contributed by atoms with van der Waals surface area (Å²) in [5.74, 6) is 0.915. The third-order valence-electron chi connectivity index (χ3n) is 3.32. The standard InChI is InChI=1S/C17H17N3S2/c1-3-11-20-16(15-10-7-12-21-15)18-19-17(20)22-13(2)14-8-5-4-6-9-14/h3-10,12-13H,1,11H2,2H3. The molecule has 0 saturated carbocycles. The van der Waals surface area contributed by atoms with E-state index in [4.69, 9.17) is 0 Å². The first kappa shape index (κ1) is 15.1. The molecule has 0 radical (unpaired) electrons. The van der Waals surface area contributed by atoms with E-state index in [9.17, 15) is 0 Å². The van der Waals surface area contributed by atoms with Crippen molar-refractivity contribution in [3.8, 4) is 10.7 Å². The van der Waals surface area contributed by atoms with Gasteiger partial charge in [0.15, 0.2) is 11.0 Å². The second-order valence-electron chi connectivity index (χ2n) is 4.85. The minimum absolute atomic E-state index is 0.324. The van der Waals surface area contributed by atoms with E-state index >= 15 is 0 Å². The molecule has 0 amide bonds. The lowest BCUT2D eigenvalue weighted by molar-refractivity contribution is 0.729. The van der Waals surface area contributed by atoms with Crippen LogP contribution in [0.4, 0.5) is 0 Å². The molecule has 0 aliphatic rings. The molecular formula is C17H17N3S2. The fourth-order valence-corrected chi connectivity index (χ4v) is 3.91. The van der Waals surface area contributed by atoms with E-state index in [-0.39, 0.29) is 0 Å². The quantitative estimate of drug-likeness (QED) is 0.469. The maximum atomic E-state index is 4.39. The highest BCUT2D eigenvalue weighted by Gasteiger charge is 2.17. The van der Waals surface area contributed by atoms with Crippen LogP contribution in [0.3, 0.4) is 0 Å². The number of rotatable bonds is 6. The lowest BCUT2D eigenvalue weighted by atomic mass is 10.2. The summed E-state index contributed by atoms with van der Waals surface area (Å²) in [5.41, 5.74) is 1.29. The van der Waals surface area contributed by atoms with Crippen molar-refractivity contribution in [3.63, 3.8) is 0 Å². The van der Waals surface area contributed by atoms with Crippen LogP contribution in [0.15, 0.2) is 65.7 Å². The molecule has 1 atom stereocenters. The number of nitrogens with zero attached hydrogens (tertiary/aromatic N) is 3. The molecule has 0 N–H and O–H groups in total. The van der Waals surface area contributed by atoms with Crippen LogP contribution in [-0.4, -0.2) is 14.8 Å². The Hall–Kier alpha value is -1.85. The average molecular weight is 327 g/mol. The van der Waals surface area contributed by atoms with E-state index in [1.807, 2.05) is 18.2 Å². The van der Waals surface area contributed by atoms with Gasteiger partial charge in [0.25, 0.3) is 0 Å². The number of thioether (sulfide) groups is 1. The van der Waals surface area contributed by atoms with Crippen LogP contribution < -0.4 is 0 Å². The van der Waals surface area contributed by atoms with E-state index in [1.165, 1.54) is 5.56 Å². The van der Waals surface area contributed by atoms with Crippen molar-refractivity contribution in [2.75, 3.05) is 0 Å². The minimum Gasteiger partial charge on any atom is -0.297 e. The lowest BCUT2D eigenvalue weighted by Crippen LogP contribution is -2.01. The summed E-state index contributed by atoms with van der Waals surface area (Å²) in [6, 6.07) is 14.6. The van der Waals surface area contributed by atoms with Crippen molar-refractivity contribution < 1.29 is 0 Å². The molecule has 22 heavy (non-hydrogen) atoms. The van der Waals surface area contributed by atoms with E-state index in [1.54, 1.807) is 23.1 Å². The fraction of sp³-hybridized carbons (Fsp3) is 0.176. The summed E-state index contributed by atoms with van der Waals surface area (Å²) in [6.45, 7) is 6.76. The van der Waals surface area contributed by atoms with Crippen LogP contribution in [0.1, 0.15) is 17.7 Å². The van der Waals surface area contributed by atoms with Gasteiger partial charge >= 0.3 is 0 Å². The zero-order valence-corrected chi connectivity index (χ0v) is 14.0. The number of thiophene rings is 1. The molecule has 3 rings (SSSR count). The van der Waals surface area contributed by atoms with E-state index < -0.39 is 0 Å². The first-order valence-corrected chi connectivity index (χ1v) is 8.85. The zero-order valence-electron chi connectivity index (χ0n) is 12.3. The Kier molecular flexibility index (Phi) is 4.75. The van der Waals surface area contributed by atoms with Gasteiger partial charge in [-0.15, -0.1) is 28.1 Å². The van der Waals surface area contributed by atoms with Crippen molar-refractivity contribution in [2.24, 2.45) is 0 Å². The Morgan fingerprint density at radius 2 is 2.05 bits per heavy atom. The van der Waals surface area contributed by atoms with Crippen molar-refractivity contribution in [3.05, 3.63) is 66.1 Å². The van der Waals surface area contributed by atoms with E-state index in [0.717, 1.165) is 15.9 Å². The Morgan fingerprint density at radius 3 is 2.73 bits per heavy atom. The molecule has 3 nitrogen and oxygen atoms in total. The molecule has 3 aromatic rings. The molecule has 0 saturated heterocycles. The molecule has 1 unspecified atom stereocenters. The van der Waals surface area contributed by atoms with Crippen molar-refractivity contribution >= 4 is 23.1 Å². The van der Waals surface area contributed by atoms with Crippen LogP contribution in [0, 0.1) is 0 Å². The number of hydrogen-bond donors (Lipinski definition) is 0. The van der Waals surface area contributed by atoms with Gasteiger partial charge in [-0.1, -0.05) is 54.2 Å². The van der Waals surface area contributed by atoms with Gasteiger partial charge in [0.05, 0.1) is 4.88 Å². The van der Waals surface area contributed by atoms with Gasteiger partial charge < -0.3 is 0 Å². The molecule has 0 aliphatic carbocycles. The average Bonchev–Trinajstić information content (AvgIpc) is 3.19. The van der Waals surface area contributed by atoms with Crippen molar-refractivity contribution in [1.82, 2.24) is 14.8 Å². The summed E-state index contributed by atoms with van der Waals surface area (Å²) in [7, 11) is 0. The lowest BCUT2D eigenvalue weighted by Gasteiger charge is -2.12. The molecule has 2 aromatic heterocycles. The highest BCUT2D eigenvalue weighted by molar-refractivity contribution is 7.99. The van der Waals surface area contributed by atoms with Crippen molar-refractivity contribution in [2.45, 2.75) is 23.9 Å². The fourth-order valence-electron chi connectivity index (χ4n) is 2.21. The third kappa shape index (κ3) is 3.15. The molecule has 1 aromatic carbocycles. The summed E-state index contributed by atoms with van der Waals surface area (Å²) >= 11 is 3.41. The van der Waals surface area contributed by atoms with Crippen LogP contribution in [0.5, 0.6) is 0 Å². The maximum absolute atomic E-state index is 4.39. The highest BCUT2D eigenvalue weighted by atomic mass is 32.2. The summed E-state index contributed by atoms with van der Waals surface area (Å²) < 4.78 is 2.13. The Bertz CT molecular complexity index is 733. The second-order valence-corrected chi connectivity index (χ2v) is 7.11. The van der Waals surface area contributed by atoms with Crippen LogP contribution in [-0.2, 0) is 6.54 Å². The minimum atomic E-state index is 0.324. The van der Waals surface area contributed by atoms with Gasteiger partial charge in [-0.3, -0.25) is 4.57 Å². The molecule has 112 valence electrons. The normalized spacial score (nSPS) is 12.2. The third-order valence-corrected chi connectivity index (χ3v) is 5.33. The largest absolute Gasteiger partial charge is 0.297 e. The van der Waals surface area contributed by atoms with Gasteiger partial charge in [-0.25, -0.2) is 0 Å². The summed E-state index contributed by atoms with van der Waals surface area (Å²) in [4.78, 5) is 1.13. The zero-order chi connectivity index (χ0) is 15.4. The van der Waals surface area contributed by atoms with Gasteiger partial charge in [-0.05, 0) is 23.9 Å². The molecule has 0 spiro atoms. The van der Waals surface area contributed by atoms with Gasteiger partial charge in [0.2, 0.25) is 0 Å². The summed E-state index contributed by atoms with van der Waals surface area (Å²) in [5, 5.41) is 12.1. The van der Waals surface area contributed by atoms with Crippen LogP contribution >= 0.6 is 23.1 Å². The topological polar surface area (TPSA) is 30.7 Å². The van der Waals surface area contributed by atoms with Gasteiger partial charge in [-0.2, -0.15) is 0 Å². The molecule has 0 bridgehead atoms. The first-order chi connectivity index (χ1) is 10.8.